The molecule has 1 heterocycles. The lowest BCUT2D eigenvalue weighted by atomic mass is 10.2. The maximum atomic E-state index is 8.96. The molecule has 1 atom stereocenters. The number of aromatic nitrogens is 1. The van der Waals surface area contributed by atoms with Gasteiger partial charge in [0.25, 0.3) is 0 Å². The maximum absolute atomic E-state index is 8.96. The zero-order valence-electron chi connectivity index (χ0n) is 5.62. The van der Waals surface area contributed by atoms with Gasteiger partial charge in [-0.1, -0.05) is 0 Å². The Bertz CT molecular complexity index is 172. The van der Waals surface area contributed by atoms with Gasteiger partial charge in [0.2, 0.25) is 0 Å². The van der Waals surface area contributed by atoms with Crippen LogP contribution in [0.1, 0.15) is 5.69 Å². The highest BCUT2D eigenvalue weighted by Gasteiger charge is 2.02. The normalized spacial score (nSPS) is 13.4. The number of aliphatic hydroxyl groups excluding tert-OH is 2. The molecule has 0 aliphatic rings. The summed E-state index contributed by atoms with van der Waals surface area (Å²) in [7, 11) is 0. The van der Waals surface area contributed by atoms with E-state index in [0.717, 1.165) is 5.69 Å². The molecule has 1 aromatic heterocycles. The molecule has 0 saturated carbocycles. The van der Waals surface area contributed by atoms with Gasteiger partial charge in [-0.25, -0.2) is 0 Å². The Morgan fingerprint density at radius 2 is 2.40 bits per heavy atom. The van der Waals surface area contributed by atoms with Gasteiger partial charge in [-0.15, -0.1) is 0 Å². The first kappa shape index (κ1) is 7.31. The third-order valence-electron chi connectivity index (χ3n) is 1.33. The quantitative estimate of drug-likeness (QED) is 0.551. The molecule has 0 saturated heterocycles. The number of nitrogens with one attached hydrogen (secondary N) is 1. The summed E-state index contributed by atoms with van der Waals surface area (Å²) in [5.41, 5.74) is 0.946. The van der Waals surface area contributed by atoms with Crippen LogP contribution in [0.5, 0.6) is 0 Å². The van der Waals surface area contributed by atoms with Gasteiger partial charge in [0.1, 0.15) is 0 Å². The number of hydrogen-bond acceptors (Lipinski definition) is 2. The average Bonchev–Trinajstić information content (AvgIpc) is 2.40. The minimum absolute atomic E-state index is 0.182. The molecule has 3 nitrogen and oxygen atoms in total. The largest absolute Gasteiger partial charge is 0.394 e. The van der Waals surface area contributed by atoms with Crippen molar-refractivity contribution in [1.82, 2.24) is 4.98 Å². The van der Waals surface area contributed by atoms with Gasteiger partial charge < -0.3 is 15.2 Å². The molecule has 0 bridgehead atoms. The van der Waals surface area contributed by atoms with Crippen LogP contribution in [-0.4, -0.2) is 27.9 Å². The molecular formula is C7H11NO2. The summed E-state index contributed by atoms with van der Waals surface area (Å²) in [6, 6.07) is 3.73. The standard InChI is InChI=1S/C7H11NO2/c9-5-7(10)4-6-2-1-3-8-6/h1-3,7-10H,4-5H2. The first-order valence-corrected chi connectivity index (χ1v) is 3.24. The van der Waals surface area contributed by atoms with Crippen LogP contribution in [0.3, 0.4) is 0 Å². The van der Waals surface area contributed by atoms with E-state index >= 15 is 0 Å². The Kier molecular flexibility index (Phi) is 2.48. The van der Waals surface area contributed by atoms with E-state index in [9.17, 15) is 0 Å². The molecule has 3 heteroatoms. The minimum atomic E-state index is -0.640. The van der Waals surface area contributed by atoms with E-state index < -0.39 is 6.10 Å². The first-order valence-electron chi connectivity index (χ1n) is 3.24. The average molecular weight is 141 g/mol. The summed E-state index contributed by atoms with van der Waals surface area (Å²) in [5.74, 6) is 0. The van der Waals surface area contributed by atoms with Crippen LogP contribution in [0.2, 0.25) is 0 Å². The molecule has 0 aromatic carbocycles. The van der Waals surface area contributed by atoms with Crippen LogP contribution in [0, 0.1) is 0 Å². The van der Waals surface area contributed by atoms with Crippen LogP contribution < -0.4 is 0 Å². The van der Waals surface area contributed by atoms with Gasteiger partial charge in [-0.05, 0) is 12.1 Å². The van der Waals surface area contributed by atoms with Crippen molar-refractivity contribution in [3.05, 3.63) is 24.0 Å². The lowest BCUT2D eigenvalue weighted by Crippen LogP contribution is -2.15. The van der Waals surface area contributed by atoms with Gasteiger partial charge in [0.15, 0.2) is 0 Å². The van der Waals surface area contributed by atoms with Crippen molar-refractivity contribution in [3.63, 3.8) is 0 Å². The summed E-state index contributed by atoms with van der Waals surface area (Å²) in [6.45, 7) is -0.182. The lowest BCUT2D eigenvalue weighted by Gasteiger charge is -2.03. The predicted molar refractivity (Wildman–Crippen MR) is 37.6 cm³/mol. The van der Waals surface area contributed by atoms with Crippen LogP contribution in [-0.2, 0) is 6.42 Å². The molecule has 10 heavy (non-hydrogen) atoms. The number of H-pyrrole nitrogens is 1. The number of aromatic amines is 1. The van der Waals surface area contributed by atoms with Crippen molar-refractivity contribution >= 4 is 0 Å². The van der Waals surface area contributed by atoms with Crippen LogP contribution in [0.25, 0.3) is 0 Å². The number of aliphatic hydroxyl groups is 2. The van der Waals surface area contributed by atoms with E-state index in [2.05, 4.69) is 4.98 Å². The molecular weight excluding hydrogens is 130 g/mol. The monoisotopic (exact) mass is 141 g/mol. The summed E-state index contributed by atoms with van der Waals surface area (Å²) in [4.78, 5) is 2.93. The van der Waals surface area contributed by atoms with Crippen LogP contribution >= 0.6 is 0 Å². The summed E-state index contributed by atoms with van der Waals surface area (Å²) in [5, 5.41) is 17.4. The molecule has 0 aliphatic carbocycles. The fourth-order valence-electron chi connectivity index (χ4n) is 0.813. The van der Waals surface area contributed by atoms with Gasteiger partial charge in [0, 0.05) is 18.3 Å². The zero-order chi connectivity index (χ0) is 7.40. The van der Waals surface area contributed by atoms with Crippen molar-refractivity contribution in [2.75, 3.05) is 6.61 Å². The maximum Gasteiger partial charge on any atom is 0.0825 e. The molecule has 0 fully saturated rings. The Hall–Kier alpha value is -0.800. The third kappa shape index (κ3) is 1.86. The molecule has 0 spiro atoms. The second-order valence-corrected chi connectivity index (χ2v) is 2.24. The summed E-state index contributed by atoms with van der Waals surface area (Å²) in [6.07, 6.45) is 1.64. The lowest BCUT2D eigenvalue weighted by molar-refractivity contribution is 0.0948. The minimum Gasteiger partial charge on any atom is -0.394 e. The fourth-order valence-corrected chi connectivity index (χ4v) is 0.813. The van der Waals surface area contributed by atoms with Crippen molar-refractivity contribution in [2.24, 2.45) is 0 Å². The number of hydrogen-bond donors (Lipinski definition) is 3. The molecule has 0 aliphatic heterocycles. The van der Waals surface area contributed by atoms with E-state index in [1.54, 1.807) is 6.20 Å². The van der Waals surface area contributed by atoms with Crippen molar-refractivity contribution in [2.45, 2.75) is 12.5 Å². The molecule has 1 rings (SSSR count). The second-order valence-electron chi connectivity index (χ2n) is 2.24. The Balaban J connectivity index is 2.40. The van der Waals surface area contributed by atoms with Gasteiger partial charge in [0.05, 0.1) is 12.7 Å². The van der Waals surface area contributed by atoms with Crippen molar-refractivity contribution in [3.8, 4) is 0 Å². The molecule has 1 aromatic rings. The topological polar surface area (TPSA) is 56.2 Å². The first-order chi connectivity index (χ1) is 4.83. The van der Waals surface area contributed by atoms with Crippen LogP contribution in [0.15, 0.2) is 18.3 Å². The predicted octanol–water partition coefficient (Wildman–Crippen LogP) is -0.0896. The van der Waals surface area contributed by atoms with Gasteiger partial charge in [-0.2, -0.15) is 0 Å². The zero-order valence-corrected chi connectivity index (χ0v) is 5.62. The second kappa shape index (κ2) is 3.39. The van der Waals surface area contributed by atoms with Gasteiger partial charge in [-0.3, -0.25) is 0 Å². The van der Waals surface area contributed by atoms with E-state index in [4.69, 9.17) is 10.2 Å². The molecule has 56 valence electrons. The summed E-state index contributed by atoms with van der Waals surface area (Å²) >= 11 is 0. The Labute approximate surface area is 59.3 Å². The highest BCUT2D eigenvalue weighted by atomic mass is 16.3. The smallest absolute Gasteiger partial charge is 0.0825 e. The Morgan fingerprint density at radius 3 is 2.90 bits per heavy atom. The highest BCUT2D eigenvalue weighted by Crippen LogP contribution is 1.98. The Morgan fingerprint density at radius 1 is 1.60 bits per heavy atom. The molecule has 3 N–H and O–H groups in total. The molecule has 0 amide bonds. The van der Waals surface area contributed by atoms with E-state index in [1.165, 1.54) is 0 Å². The van der Waals surface area contributed by atoms with Crippen LogP contribution in [0.4, 0.5) is 0 Å². The van der Waals surface area contributed by atoms with Crippen molar-refractivity contribution in [1.29, 1.82) is 0 Å². The molecule has 1 unspecified atom stereocenters. The van der Waals surface area contributed by atoms with Gasteiger partial charge >= 0.3 is 0 Å². The highest BCUT2D eigenvalue weighted by molar-refractivity contribution is 5.04. The van der Waals surface area contributed by atoms with E-state index in [-0.39, 0.29) is 6.61 Å². The summed E-state index contributed by atoms with van der Waals surface area (Å²) < 4.78 is 0. The SMILES string of the molecule is OCC(O)Cc1ccc[nH]1. The number of rotatable bonds is 3. The molecule has 0 radical (unpaired) electrons. The van der Waals surface area contributed by atoms with E-state index in [0.29, 0.717) is 6.42 Å². The third-order valence-corrected chi connectivity index (χ3v) is 1.33. The van der Waals surface area contributed by atoms with Crippen molar-refractivity contribution < 1.29 is 10.2 Å². The fraction of sp³-hybridized carbons (Fsp3) is 0.429. The van der Waals surface area contributed by atoms with E-state index in [1.807, 2.05) is 12.1 Å².